The summed E-state index contributed by atoms with van der Waals surface area (Å²) >= 11 is 0. The van der Waals surface area contributed by atoms with Gasteiger partial charge in [0.1, 0.15) is 0 Å². The monoisotopic (exact) mass is 303 g/mol. The fourth-order valence-electron chi connectivity index (χ4n) is 2.26. The lowest BCUT2D eigenvalue weighted by atomic mass is 10.1. The Morgan fingerprint density at radius 3 is 2.29 bits per heavy atom. The van der Waals surface area contributed by atoms with Crippen LogP contribution in [0.25, 0.3) is 0 Å². The van der Waals surface area contributed by atoms with Gasteiger partial charge in [0.2, 0.25) is 10.0 Å². The first-order chi connectivity index (χ1) is 10.0. The van der Waals surface area contributed by atoms with Crippen molar-refractivity contribution in [1.82, 2.24) is 4.31 Å². The van der Waals surface area contributed by atoms with Gasteiger partial charge in [-0.3, -0.25) is 0 Å². The molecule has 3 nitrogen and oxygen atoms in total. The zero-order valence-electron chi connectivity index (χ0n) is 12.5. The molecule has 0 amide bonds. The second-order valence-corrected chi connectivity index (χ2v) is 7.19. The Balaban J connectivity index is 2.22. The molecule has 2 aromatic rings. The van der Waals surface area contributed by atoms with E-state index in [1.54, 1.807) is 19.2 Å². The van der Waals surface area contributed by atoms with Crippen LogP contribution in [0.15, 0.2) is 59.5 Å². The highest BCUT2D eigenvalue weighted by atomic mass is 32.2. The number of rotatable bonds is 6. The number of nitrogens with zero attached hydrogens (tertiary/aromatic N) is 1. The van der Waals surface area contributed by atoms with Gasteiger partial charge in [-0.1, -0.05) is 55.8 Å². The minimum Gasteiger partial charge on any atom is -0.207 e. The molecule has 0 N–H and O–H groups in total. The number of benzene rings is 2. The van der Waals surface area contributed by atoms with Crippen LogP contribution in [0.5, 0.6) is 0 Å². The van der Waals surface area contributed by atoms with Crippen molar-refractivity contribution >= 4 is 10.0 Å². The fraction of sp³-hybridized carbons (Fsp3) is 0.294. The van der Waals surface area contributed by atoms with Crippen molar-refractivity contribution in [3.8, 4) is 0 Å². The molecule has 2 aromatic carbocycles. The molecule has 0 saturated heterocycles. The average molecular weight is 303 g/mol. The van der Waals surface area contributed by atoms with Crippen LogP contribution in [0.1, 0.15) is 24.5 Å². The molecule has 0 aromatic heterocycles. The van der Waals surface area contributed by atoms with Crippen LogP contribution in [0.2, 0.25) is 0 Å². The van der Waals surface area contributed by atoms with Crippen LogP contribution < -0.4 is 0 Å². The first-order valence-corrected chi connectivity index (χ1v) is 8.57. The number of hydrogen-bond acceptors (Lipinski definition) is 2. The topological polar surface area (TPSA) is 37.4 Å². The van der Waals surface area contributed by atoms with Gasteiger partial charge >= 0.3 is 0 Å². The van der Waals surface area contributed by atoms with Crippen LogP contribution in [-0.2, 0) is 23.0 Å². The quantitative estimate of drug-likeness (QED) is 0.819. The predicted molar refractivity (Wildman–Crippen MR) is 85.5 cm³/mol. The predicted octanol–water partition coefficient (Wildman–Crippen LogP) is 3.46. The first-order valence-electron chi connectivity index (χ1n) is 7.13. The first kappa shape index (κ1) is 15.7. The van der Waals surface area contributed by atoms with E-state index >= 15 is 0 Å². The van der Waals surface area contributed by atoms with Crippen LogP contribution in [0.4, 0.5) is 0 Å². The van der Waals surface area contributed by atoms with Crippen LogP contribution in [-0.4, -0.2) is 19.8 Å². The van der Waals surface area contributed by atoms with E-state index in [-0.39, 0.29) is 0 Å². The van der Waals surface area contributed by atoms with E-state index in [9.17, 15) is 8.42 Å². The summed E-state index contributed by atoms with van der Waals surface area (Å²) in [6.45, 7) is 2.46. The van der Waals surface area contributed by atoms with Gasteiger partial charge < -0.3 is 0 Å². The molecule has 0 spiro atoms. The molecule has 0 aliphatic rings. The van der Waals surface area contributed by atoms with E-state index < -0.39 is 10.0 Å². The van der Waals surface area contributed by atoms with Gasteiger partial charge in [-0.05, 0) is 29.7 Å². The molecule has 4 heteroatoms. The molecule has 0 aliphatic carbocycles. The van der Waals surface area contributed by atoms with Crippen LogP contribution in [0.3, 0.4) is 0 Å². The van der Waals surface area contributed by atoms with Crippen molar-refractivity contribution in [3.63, 3.8) is 0 Å². The Bertz CT molecular complexity index is 681. The van der Waals surface area contributed by atoms with Crippen molar-refractivity contribution in [2.45, 2.75) is 31.2 Å². The summed E-state index contributed by atoms with van der Waals surface area (Å²) in [6, 6.07) is 16.8. The fourth-order valence-corrected chi connectivity index (χ4v) is 3.49. The Labute approximate surface area is 127 Å². The van der Waals surface area contributed by atoms with Gasteiger partial charge in [0.05, 0.1) is 4.90 Å². The molecule has 21 heavy (non-hydrogen) atoms. The van der Waals surface area contributed by atoms with Gasteiger partial charge in [0.15, 0.2) is 0 Å². The lowest BCUT2D eigenvalue weighted by Gasteiger charge is -2.17. The van der Waals surface area contributed by atoms with E-state index in [0.717, 1.165) is 24.0 Å². The van der Waals surface area contributed by atoms with E-state index in [0.29, 0.717) is 11.4 Å². The molecular formula is C17H21NO2S. The average Bonchev–Trinajstić information content (AvgIpc) is 2.49. The zero-order valence-corrected chi connectivity index (χ0v) is 13.3. The lowest BCUT2D eigenvalue weighted by Crippen LogP contribution is -2.26. The van der Waals surface area contributed by atoms with Gasteiger partial charge in [0, 0.05) is 13.6 Å². The molecular weight excluding hydrogens is 282 g/mol. The Morgan fingerprint density at radius 2 is 1.62 bits per heavy atom. The van der Waals surface area contributed by atoms with Gasteiger partial charge in [-0.2, -0.15) is 4.31 Å². The Kier molecular flexibility index (Phi) is 5.15. The zero-order chi connectivity index (χ0) is 15.3. The highest BCUT2D eigenvalue weighted by Gasteiger charge is 2.20. The highest BCUT2D eigenvalue weighted by molar-refractivity contribution is 7.89. The molecule has 0 fully saturated rings. The standard InChI is InChI=1S/C17H21NO2S/c1-3-8-15-11-7-12-17(13-15)21(19,20)18(2)14-16-9-5-4-6-10-16/h4-7,9-13H,3,8,14H2,1-2H3. The Hall–Kier alpha value is -1.65. The van der Waals surface area contributed by atoms with E-state index in [1.807, 2.05) is 42.5 Å². The largest absolute Gasteiger partial charge is 0.243 e. The molecule has 0 atom stereocenters. The second-order valence-electron chi connectivity index (χ2n) is 5.14. The minimum absolute atomic E-state index is 0.367. The molecule has 112 valence electrons. The van der Waals surface area contributed by atoms with Gasteiger partial charge in [0.25, 0.3) is 0 Å². The van der Waals surface area contributed by atoms with Crippen molar-refractivity contribution in [2.75, 3.05) is 7.05 Å². The lowest BCUT2D eigenvalue weighted by molar-refractivity contribution is 0.466. The van der Waals surface area contributed by atoms with Crippen molar-refractivity contribution in [3.05, 3.63) is 65.7 Å². The van der Waals surface area contributed by atoms with Gasteiger partial charge in [-0.15, -0.1) is 0 Å². The molecule has 0 saturated carbocycles. The summed E-state index contributed by atoms with van der Waals surface area (Å²) < 4.78 is 26.6. The number of sulfonamides is 1. The van der Waals surface area contributed by atoms with Crippen molar-refractivity contribution < 1.29 is 8.42 Å². The SMILES string of the molecule is CCCc1cccc(S(=O)(=O)N(C)Cc2ccccc2)c1. The smallest absolute Gasteiger partial charge is 0.207 e. The normalized spacial score (nSPS) is 11.8. The van der Waals surface area contributed by atoms with Crippen molar-refractivity contribution in [2.24, 2.45) is 0 Å². The maximum Gasteiger partial charge on any atom is 0.243 e. The summed E-state index contributed by atoms with van der Waals surface area (Å²) in [5.41, 5.74) is 2.04. The van der Waals surface area contributed by atoms with E-state index in [1.165, 1.54) is 4.31 Å². The van der Waals surface area contributed by atoms with E-state index in [2.05, 4.69) is 6.92 Å². The third-order valence-corrected chi connectivity index (χ3v) is 5.19. The molecule has 0 heterocycles. The van der Waals surface area contributed by atoms with Crippen LogP contribution in [0, 0.1) is 0 Å². The summed E-state index contributed by atoms with van der Waals surface area (Å²) in [5, 5.41) is 0. The second kappa shape index (κ2) is 6.87. The van der Waals surface area contributed by atoms with Crippen LogP contribution >= 0.6 is 0 Å². The van der Waals surface area contributed by atoms with Gasteiger partial charge in [-0.25, -0.2) is 8.42 Å². The minimum atomic E-state index is -3.44. The highest BCUT2D eigenvalue weighted by Crippen LogP contribution is 2.18. The molecule has 0 radical (unpaired) electrons. The maximum atomic E-state index is 12.6. The molecule has 0 unspecified atom stereocenters. The van der Waals surface area contributed by atoms with E-state index in [4.69, 9.17) is 0 Å². The summed E-state index contributed by atoms with van der Waals surface area (Å²) in [4.78, 5) is 0.367. The Morgan fingerprint density at radius 1 is 0.952 bits per heavy atom. The third-order valence-electron chi connectivity index (χ3n) is 3.39. The molecule has 0 bridgehead atoms. The summed E-state index contributed by atoms with van der Waals surface area (Å²) in [5.74, 6) is 0. The molecule has 2 rings (SSSR count). The molecule has 0 aliphatic heterocycles. The number of hydrogen-bond donors (Lipinski definition) is 0. The number of aryl methyl sites for hydroxylation is 1. The third kappa shape index (κ3) is 3.93. The summed E-state index contributed by atoms with van der Waals surface area (Å²) in [7, 11) is -1.82. The summed E-state index contributed by atoms with van der Waals surface area (Å²) in [6.07, 6.45) is 1.90. The maximum absolute atomic E-state index is 12.6. The van der Waals surface area contributed by atoms with Crippen molar-refractivity contribution in [1.29, 1.82) is 0 Å².